The molecule has 0 unspecified atom stereocenters. The molecule has 1 aliphatic heterocycles. The predicted molar refractivity (Wildman–Crippen MR) is 184 cm³/mol. The fourth-order valence-corrected chi connectivity index (χ4v) is 7.13. The van der Waals surface area contributed by atoms with E-state index in [0.717, 1.165) is 39.6 Å². The first kappa shape index (κ1) is 27.6. The van der Waals surface area contributed by atoms with Crippen molar-refractivity contribution in [2.24, 2.45) is 0 Å². The lowest BCUT2D eigenvalue weighted by Gasteiger charge is -2.42. The first-order chi connectivity index (χ1) is 21.4. The van der Waals surface area contributed by atoms with Crippen LogP contribution in [0.15, 0.2) is 104 Å². The molecule has 0 atom stereocenters. The number of rotatable bonds is 3. The molecule has 0 spiro atoms. The van der Waals surface area contributed by atoms with E-state index in [0.29, 0.717) is 0 Å². The highest BCUT2D eigenvalue weighted by molar-refractivity contribution is 6.09. The van der Waals surface area contributed by atoms with E-state index >= 15 is 0 Å². The summed E-state index contributed by atoms with van der Waals surface area (Å²) in [6, 6.07) is 32.2. The SMILES string of the molecule is CC(C)(C)c1ccnc(-n2c3ccccc3c3ccc(Oc4ccc5c(c4)-n4cnc6cccc(c64)C(C)(C)C5(C)C)cc32)c1. The third-order valence-corrected chi connectivity index (χ3v) is 10.4. The molecule has 7 aromatic rings. The van der Waals surface area contributed by atoms with Gasteiger partial charge in [-0.05, 0) is 64.6 Å². The molecule has 0 aliphatic carbocycles. The first-order valence-corrected chi connectivity index (χ1v) is 15.7. The van der Waals surface area contributed by atoms with E-state index in [2.05, 4.69) is 149 Å². The Balaban J connectivity index is 1.28. The monoisotopic (exact) mass is 590 g/mol. The molecule has 8 rings (SSSR count). The molecule has 3 aromatic heterocycles. The van der Waals surface area contributed by atoms with Crippen LogP contribution in [-0.4, -0.2) is 19.1 Å². The Hall–Kier alpha value is -4.90. The third kappa shape index (κ3) is 3.99. The molecule has 4 aromatic carbocycles. The lowest BCUT2D eigenvalue weighted by molar-refractivity contribution is 0.307. The maximum absolute atomic E-state index is 6.67. The van der Waals surface area contributed by atoms with Crippen LogP contribution >= 0.6 is 0 Å². The number of aromatic nitrogens is 4. The zero-order valence-corrected chi connectivity index (χ0v) is 27.0. The number of hydrogen-bond donors (Lipinski definition) is 0. The summed E-state index contributed by atoms with van der Waals surface area (Å²) in [4.78, 5) is 9.62. The van der Waals surface area contributed by atoms with Crippen LogP contribution in [0.5, 0.6) is 11.5 Å². The summed E-state index contributed by atoms with van der Waals surface area (Å²) in [5, 5.41) is 2.36. The normalized spacial score (nSPS) is 15.4. The van der Waals surface area contributed by atoms with E-state index in [9.17, 15) is 0 Å². The highest BCUT2D eigenvalue weighted by atomic mass is 16.5. The van der Waals surface area contributed by atoms with Gasteiger partial charge in [-0.2, -0.15) is 0 Å². The van der Waals surface area contributed by atoms with Gasteiger partial charge in [0.25, 0.3) is 0 Å². The highest BCUT2D eigenvalue weighted by Gasteiger charge is 2.44. The molecule has 0 N–H and O–H groups in total. The Kier molecular flexibility index (Phi) is 5.71. The lowest BCUT2D eigenvalue weighted by atomic mass is 9.61. The maximum atomic E-state index is 6.67. The average molecular weight is 591 g/mol. The Morgan fingerprint density at radius 1 is 0.667 bits per heavy atom. The van der Waals surface area contributed by atoms with Crippen molar-refractivity contribution < 1.29 is 4.74 Å². The van der Waals surface area contributed by atoms with Gasteiger partial charge in [0.2, 0.25) is 0 Å². The van der Waals surface area contributed by atoms with Gasteiger partial charge in [0.1, 0.15) is 23.6 Å². The fraction of sp³-hybridized carbons (Fsp3) is 0.250. The molecule has 0 radical (unpaired) electrons. The van der Waals surface area contributed by atoms with Crippen LogP contribution in [0.1, 0.15) is 65.2 Å². The van der Waals surface area contributed by atoms with Crippen molar-refractivity contribution in [3.05, 3.63) is 120 Å². The number of para-hydroxylation sites is 2. The summed E-state index contributed by atoms with van der Waals surface area (Å²) < 4.78 is 11.2. The number of fused-ring (bicyclic) bond motifs is 5. The molecule has 224 valence electrons. The van der Waals surface area contributed by atoms with E-state index < -0.39 is 0 Å². The number of ether oxygens (including phenoxy) is 1. The minimum atomic E-state index is -0.136. The van der Waals surface area contributed by atoms with E-state index in [1.807, 2.05) is 12.5 Å². The number of pyridine rings is 1. The van der Waals surface area contributed by atoms with Gasteiger partial charge in [0.15, 0.2) is 0 Å². The molecule has 45 heavy (non-hydrogen) atoms. The Bertz CT molecular complexity index is 2290. The molecule has 0 fully saturated rings. The predicted octanol–water partition coefficient (Wildman–Crippen LogP) is 10.2. The number of benzene rings is 4. The van der Waals surface area contributed by atoms with Crippen molar-refractivity contribution >= 4 is 32.8 Å². The summed E-state index contributed by atoms with van der Waals surface area (Å²) in [5.41, 5.74) is 9.07. The van der Waals surface area contributed by atoms with E-state index in [1.54, 1.807) is 0 Å². The topological polar surface area (TPSA) is 44.9 Å². The number of hydrogen-bond acceptors (Lipinski definition) is 3. The van der Waals surface area contributed by atoms with Gasteiger partial charge in [0.05, 0.1) is 27.8 Å². The second-order valence-electron chi connectivity index (χ2n) is 14.5. The quantitative estimate of drug-likeness (QED) is 0.206. The highest BCUT2D eigenvalue weighted by Crippen LogP contribution is 2.51. The molecule has 5 heteroatoms. The second-order valence-corrected chi connectivity index (χ2v) is 14.5. The van der Waals surface area contributed by atoms with Crippen molar-refractivity contribution in [3.8, 4) is 23.0 Å². The van der Waals surface area contributed by atoms with Crippen LogP contribution in [0.2, 0.25) is 0 Å². The van der Waals surface area contributed by atoms with Crippen LogP contribution in [0.4, 0.5) is 0 Å². The minimum absolute atomic E-state index is 0.0150. The minimum Gasteiger partial charge on any atom is -0.457 e. The smallest absolute Gasteiger partial charge is 0.137 e. The largest absolute Gasteiger partial charge is 0.457 e. The van der Waals surface area contributed by atoms with Gasteiger partial charge >= 0.3 is 0 Å². The Morgan fingerprint density at radius 2 is 1.40 bits per heavy atom. The van der Waals surface area contributed by atoms with Crippen molar-refractivity contribution in [3.63, 3.8) is 0 Å². The van der Waals surface area contributed by atoms with Gasteiger partial charge in [-0.25, -0.2) is 9.97 Å². The maximum Gasteiger partial charge on any atom is 0.137 e. The third-order valence-electron chi connectivity index (χ3n) is 10.4. The van der Waals surface area contributed by atoms with Crippen LogP contribution in [0.25, 0.3) is 44.3 Å². The van der Waals surface area contributed by atoms with Crippen LogP contribution in [0.3, 0.4) is 0 Å². The van der Waals surface area contributed by atoms with E-state index in [-0.39, 0.29) is 16.2 Å². The molecular weight excluding hydrogens is 552 g/mol. The summed E-state index contributed by atoms with van der Waals surface area (Å²) in [6.07, 6.45) is 3.87. The lowest BCUT2D eigenvalue weighted by Crippen LogP contribution is -2.40. The first-order valence-electron chi connectivity index (χ1n) is 15.7. The van der Waals surface area contributed by atoms with E-state index in [1.165, 1.54) is 33.0 Å². The molecule has 0 saturated carbocycles. The Morgan fingerprint density at radius 3 is 2.22 bits per heavy atom. The van der Waals surface area contributed by atoms with Crippen molar-refractivity contribution in [2.75, 3.05) is 0 Å². The summed E-state index contributed by atoms with van der Waals surface area (Å²) in [5.74, 6) is 2.48. The van der Waals surface area contributed by atoms with Crippen LogP contribution in [-0.2, 0) is 16.2 Å². The molecular formula is C40H38N4O. The molecule has 5 nitrogen and oxygen atoms in total. The molecule has 0 amide bonds. The fourth-order valence-electron chi connectivity index (χ4n) is 7.13. The molecule has 0 bridgehead atoms. The van der Waals surface area contributed by atoms with Crippen LogP contribution in [0, 0.1) is 0 Å². The summed E-state index contributed by atoms with van der Waals surface area (Å²) >= 11 is 0. The molecule has 0 saturated heterocycles. The van der Waals surface area contributed by atoms with E-state index in [4.69, 9.17) is 14.7 Å². The van der Waals surface area contributed by atoms with Gasteiger partial charge in [-0.1, -0.05) is 84.9 Å². The molecule has 4 heterocycles. The standard InChI is InChI=1S/C40H38N4O/c1-38(2,3)25-19-20-41-36(21-25)44-33-14-9-8-11-28(33)29-17-15-26(22-34(29)44)45-27-16-18-30-35(23-27)43-24-42-32-13-10-12-31(37(32)43)40(6,7)39(30,4)5/h8-24H,1-7H3. The van der Waals surface area contributed by atoms with Crippen molar-refractivity contribution in [1.82, 2.24) is 19.1 Å². The van der Waals surface area contributed by atoms with Gasteiger partial charge in [-0.15, -0.1) is 0 Å². The van der Waals surface area contributed by atoms with Gasteiger partial charge in [0, 0.05) is 39.9 Å². The van der Waals surface area contributed by atoms with Crippen LogP contribution < -0.4 is 4.74 Å². The van der Waals surface area contributed by atoms with Gasteiger partial charge in [-0.3, -0.25) is 9.13 Å². The van der Waals surface area contributed by atoms with Crippen molar-refractivity contribution in [2.45, 2.75) is 64.7 Å². The average Bonchev–Trinajstić information content (AvgIpc) is 3.58. The van der Waals surface area contributed by atoms with Crippen molar-refractivity contribution in [1.29, 1.82) is 0 Å². The Labute approximate surface area is 264 Å². The van der Waals surface area contributed by atoms with Gasteiger partial charge < -0.3 is 4.74 Å². The summed E-state index contributed by atoms with van der Waals surface area (Å²) in [7, 11) is 0. The number of nitrogens with zero attached hydrogens (tertiary/aromatic N) is 4. The number of imidazole rings is 1. The zero-order valence-electron chi connectivity index (χ0n) is 27.0. The molecule has 1 aliphatic rings. The summed E-state index contributed by atoms with van der Waals surface area (Å²) in [6.45, 7) is 16.1. The zero-order chi connectivity index (χ0) is 31.3. The second kappa shape index (κ2) is 9.31.